The molecule has 5 nitrogen and oxygen atoms in total. The van der Waals surface area contributed by atoms with Crippen molar-refractivity contribution in [3.8, 4) is 0 Å². The van der Waals surface area contributed by atoms with Crippen LogP contribution in [-0.4, -0.2) is 11.1 Å². The van der Waals surface area contributed by atoms with Gasteiger partial charge in [-0.15, -0.1) is 0 Å². The normalized spacial score (nSPS) is 10.7. The van der Waals surface area contributed by atoms with E-state index in [-0.39, 0.29) is 18.1 Å². The summed E-state index contributed by atoms with van der Waals surface area (Å²) in [4.78, 5) is 15.2. The number of non-ortho nitro benzene ring substituents is 1. The Balaban J connectivity index is 1.91. The van der Waals surface area contributed by atoms with Crippen LogP contribution in [0.3, 0.4) is 0 Å². The zero-order valence-corrected chi connectivity index (χ0v) is 10.4. The van der Waals surface area contributed by atoms with Gasteiger partial charge in [-0.25, -0.2) is 4.39 Å². The third-order valence-electron chi connectivity index (χ3n) is 2.50. The highest BCUT2D eigenvalue weighted by molar-refractivity contribution is 5.78. The van der Waals surface area contributed by atoms with Gasteiger partial charge >= 0.3 is 0 Å². The van der Waals surface area contributed by atoms with E-state index < -0.39 is 4.92 Å². The van der Waals surface area contributed by atoms with Gasteiger partial charge in [0.25, 0.3) is 5.69 Å². The largest absolute Gasteiger partial charge is 0.391 e. The minimum absolute atomic E-state index is 0.00798. The number of halogens is 1. The maximum atomic E-state index is 12.7. The minimum atomic E-state index is -0.467. The van der Waals surface area contributed by atoms with Crippen molar-refractivity contribution in [1.82, 2.24) is 0 Å². The highest BCUT2D eigenvalue weighted by Crippen LogP contribution is 2.13. The van der Waals surface area contributed by atoms with E-state index in [4.69, 9.17) is 4.84 Å². The third-order valence-corrected chi connectivity index (χ3v) is 2.50. The first kappa shape index (κ1) is 13.7. The van der Waals surface area contributed by atoms with Gasteiger partial charge in [0.15, 0.2) is 0 Å². The quantitative estimate of drug-likeness (QED) is 0.477. The van der Waals surface area contributed by atoms with Crippen molar-refractivity contribution in [3.05, 3.63) is 75.6 Å². The van der Waals surface area contributed by atoms with E-state index in [1.54, 1.807) is 24.3 Å². The maximum absolute atomic E-state index is 12.7. The highest BCUT2D eigenvalue weighted by atomic mass is 19.1. The predicted octanol–water partition coefficient (Wildman–Crippen LogP) is 3.28. The Morgan fingerprint density at radius 2 is 2.00 bits per heavy atom. The molecule has 0 saturated heterocycles. The fourth-order valence-corrected chi connectivity index (χ4v) is 1.52. The molecule has 0 saturated carbocycles. The molecule has 0 aliphatic carbocycles. The molecule has 6 heteroatoms. The molecule has 0 heterocycles. The molecule has 20 heavy (non-hydrogen) atoms. The Kier molecular flexibility index (Phi) is 4.39. The van der Waals surface area contributed by atoms with Crippen LogP contribution in [0.2, 0.25) is 0 Å². The molecule has 0 atom stereocenters. The van der Waals surface area contributed by atoms with Gasteiger partial charge in [0, 0.05) is 12.1 Å². The van der Waals surface area contributed by atoms with E-state index in [0.717, 1.165) is 0 Å². The van der Waals surface area contributed by atoms with Gasteiger partial charge in [-0.05, 0) is 23.3 Å². The lowest BCUT2D eigenvalue weighted by molar-refractivity contribution is -0.384. The van der Waals surface area contributed by atoms with Crippen molar-refractivity contribution in [2.75, 3.05) is 0 Å². The van der Waals surface area contributed by atoms with E-state index in [1.807, 2.05) is 0 Å². The van der Waals surface area contributed by atoms with Crippen LogP contribution < -0.4 is 0 Å². The Bertz CT molecular complexity index is 627. The van der Waals surface area contributed by atoms with Crippen molar-refractivity contribution in [3.63, 3.8) is 0 Å². The summed E-state index contributed by atoms with van der Waals surface area (Å²) in [5, 5.41) is 14.3. The lowest BCUT2D eigenvalue weighted by Gasteiger charge is -1.99. The molecule has 0 aliphatic heterocycles. The summed E-state index contributed by atoms with van der Waals surface area (Å²) in [6.45, 7) is 0.124. The lowest BCUT2D eigenvalue weighted by Crippen LogP contribution is -1.92. The number of nitro groups is 1. The second kappa shape index (κ2) is 6.42. The van der Waals surface area contributed by atoms with Crippen LogP contribution in [0.15, 0.2) is 53.7 Å². The maximum Gasteiger partial charge on any atom is 0.269 e. The molecule has 0 radical (unpaired) electrons. The van der Waals surface area contributed by atoms with Crippen molar-refractivity contribution in [1.29, 1.82) is 0 Å². The van der Waals surface area contributed by atoms with Crippen molar-refractivity contribution in [2.24, 2.45) is 5.16 Å². The summed E-state index contributed by atoms with van der Waals surface area (Å²) in [6, 6.07) is 11.9. The van der Waals surface area contributed by atoms with Crippen LogP contribution in [0.4, 0.5) is 10.1 Å². The monoisotopic (exact) mass is 274 g/mol. The number of rotatable bonds is 5. The fourth-order valence-electron chi connectivity index (χ4n) is 1.52. The third kappa shape index (κ3) is 3.88. The number of benzene rings is 2. The molecule has 0 spiro atoms. The fraction of sp³-hybridized carbons (Fsp3) is 0.0714. The molecule has 0 aliphatic rings. The van der Waals surface area contributed by atoms with Crippen LogP contribution in [0.1, 0.15) is 11.1 Å². The Labute approximate surface area is 114 Å². The molecule has 2 rings (SSSR count). The number of hydrogen-bond acceptors (Lipinski definition) is 4. The molecule has 0 amide bonds. The summed E-state index contributed by atoms with van der Waals surface area (Å²) >= 11 is 0. The molecular formula is C14H11FN2O3. The average Bonchev–Trinajstić information content (AvgIpc) is 2.46. The first-order valence-electron chi connectivity index (χ1n) is 5.79. The van der Waals surface area contributed by atoms with Crippen LogP contribution in [0.25, 0.3) is 0 Å². The van der Waals surface area contributed by atoms with E-state index in [9.17, 15) is 14.5 Å². The van der Waals surface area contributed by atoms with Gasteiger partial charge in [-0.2, -0.15) is 0 Å². The first-order chi connectivity index (χ1) is 9.65. The van der Waals surface area contributed by atoms with Crippen molar-refractivity contribution < 1.29 is 14.2 Å². The molecule has 2 aromatic carbocycles. The van der Waals surface area contributed by atoms with Crippen LogP contribution in [0, 0.1) is 15.9 Å². The van der Waals surface area contributed by atoms with Gasteiger partial charge in [0.1, 0.15) is 12.4 Å². The van der Waals surface area contributed by atoms with Gasteiger partial charge in [0.2, 0.25) is 0 Å². The smallest absolute Gasteiger partial charge is 0.269 e. The van der Waals surface area contributed by atoms with E-state index >= 15 is 0 Å². The van der Waals surface area contributed by atoms with Gasteiger partial charge in [-0.3, -0.25) is 10.1 Å². The molecule has 2 aromatic rings. The number of oxime groups is 1. The summed E-state index contributed by atoms with van der Waals surface area (Å²) < 4.78 is 12.7. The summed E-state index contributed by atoms with van der Waals surface area (Å²) in [5.74, 6) is -0.320. The molecule has 0 N–H and O–H groups in total. The van der Waals surface area contributed by atoms with Crippen LogP contribution >= 0.6 is 0 Å². The number of nitro benzene ring substituents is 1. The molecule has 0 aromatic heterocycles. The average molecular weight is 274 g/mol. The standard InChI is InChI=1S/C14H11FN2O3/c15-13-6-4-11(5-7-13)9-16-20-10-12-2-1-3-14(8-12)17(18)19/h1-9H,10H2/b16-9-. The minimum Gasteiger partial charge on any atom is -0.391 e. The zero-order chi connectivity index (χ0) is 14.4. The van der Waals surface area contributed by atoms with E-state index in [2.05, 4.69) is 5.16 Å². The summed E-state index contributed by atoms with van der Waals surface area (Å²) in [7, 11) is 0. The Morgan fingerprint density at radius 3 is 2.70 bits per heavy atom. The lowest BCUT2D eigenvalue weighted by atomic mass is 10.2. The Morgan fingerprint density at radius 1 is 1.25 bits per heavy atom. The molecule has 0 bridgehead atoms. The Hall–Kier alpha value is -2.76. The number of hydrogen-bond donors (Lipinski definition) is 0. The second-order valence-electron chi connectivity index (χ2n) is 3.99. The van der Waals surface area contributed by atoms with Crippen molar-refractivity contribution >= 4 is 11.9 Å². The molecule has 102 valence electrons. The molecular weight excluding hydrogens is 263 g/mol. The second-order valence-corrected chi connectivity index (χ2v) is 3.99. The highest BCUT2D eigenvalue weighted by Gasteiger charge is 2.05. The topological polar surface area (TPSA) is 64.7 Å². The SMILES string of the molecule is O=[N+]([O-])c1cccc(CO/N=C\c2ccc(F)cc2)c1. The van der Waals surface area contributed by atoms with Crippen molar-refractivity contribution in [2.45, 2.75) is 6.61 Å². The summed E-state index contributed by atoms with van der Waals surface area (Å²) in [5.41, 5.74) is 1.36. The summed E-state index contributed by atoms with van der Waals surface area (Å²) in [6.07, 6.45) is 1.44. The zero-order valence-electron chi connectivity index (χ0n) is 10.4. The molecule has 0 unspecified atom stereocenters. The van der Waals surface area contributed by atoms with Crippen LogP contribution in [-0.2, 0) is 11.4 Å². The van der Waals surface area contributed by atoms with E-state index in [0.29, 0.717) is 11.1 Å². The van der Waals surface area contributed by atoms with Gasteiger partial charge < -0.3 is 4.84 Å². The first-order valence-corrected chi connectivity index (χ1v) is 5.79. The van der Waals surface area contributed by atoms with Gasteiger partial charge in [0.05, 0.1) is 11.1 Å². The predicted molar refractivity (Wildman–Crippen MR) is 71.9 cm³/mol. The van der Waals surface area contributed by atoms with E-state index in [1.165, 1.54) is 30.5 Å². The number of nitrogens with zero attached hydrogens (tertiary/aromatic N) is 2. The van der Waals surface area contributed by atoms with Crippen LogP contribution in [0.5, 0.6) is 0 Å². The molecule has 0 fully saturated rings. The van der Waals surface area contributed by atoms with Gasteiger partial charge in [-0.1, -0.05) is 29.4 Å².